The molecular formula is C39H31N. The quantitative estimate of drug-likeness (QED) is 0.214. The van der Waals surface area contributed by atoms with Crippen LogP contribution in [0, 0.1) is 0 Å². The Morgan fingerprint density at radius 1 is 0.425 bits per heavy atom. The molecule has 0 bridgehead atoms. The molecule has 0 radical (unpaired) electrons. The van der Waals surface area contributed by atoms with Gasteiger partial charge in [-0.2, -0.15) is 0 Å². The number of hydrogen-bond acceptors (Lipinski definition) is 1. The minimum Gasteiger partial charge on any atom is -0.265 e. The highest BCUT2D eigenvalue weighted by Crippen LogP contribution is 2.44. The third-order valence-corrected chi connectivity index (χ3v) is 8.09. The van der Waals surface area contributed by atoms with E-state index in [1.807, 2.05) is 12.4 Å². The summed E-state index contributed by atoms with van der Waals surface area (Å²) in [5, 5.41) is 7.61. The van der Waals surface area contributed by atoms with Crippen molar-refractivity contribution in [1.82, 2.24) is 4.98 Å². The molecule has 1 aromatic heterocycles. The fourth-order valence-corrected chi connectivity index (χ4v) is 6.02. The molecule has 0 spiro atoms. The van der Waals surface area contributed by atoms with Crippen LogP contribution >= 0.6 is 0 Å². The molecule has 7 aromatic rings. The van der Waals surface area contributed by atoms with Crippen molar-refractivity contribution in [2.75, 3.05) is 0 Å². The molecule has 0 fully saturated rings. The van der Waals surface area contributed by atoms with Crippen molar-refractivity contribution >= 4 is 32.3 Å². The van der Waals surface area contributed by atoms with E-state index in [1.165, 1.54) is 71.3 Å². The van der Waals surface area contributed by atoms with Crippen molar-refractivity contribution < 1.29 is 0 Å². The van der Waals surface area contributed by atoms with Crippen molar-refractivity contribution in [3.8, 4) is 33.4 Å². The monoisotopic (exact) mass is 513 g/mol. The first-order chi connectivity index (χ1) is 19.5. The smallest absolute Gasteiger partial charge is 0.0273 e. The molecule has 6 aromatic carbocycles. The molecule has 0 aliphatic heterocycles. The van der Waals surface area contributed by atoms with Crippen LogP contribution < -0.4 is 0 Å². The Morgan fingerprint density at radius 3 is 1.52 bits per heavy atom. The zero-order valence-corrected chi connectivity index (χ0v) is 23.1. The number of benzene rings is 6. The number of aromatic nitrogens is 1. The van der Waals surface area contributed by atoms with Gasteiger partial charge in [-0.3, -0.25) is 4.98 Å². The van der Waals surface area contributed by atoms with Crippen LogP contribution in [-0.2, 0) is 5.41 Å². The molecule has 0 amide bonds. The normalized spacial score (nSPS) is 11.9. The van der Waals surface area contributed by atoms with E-state index in [2.05, 4.69) is 147 Å². The van der Waals surface area contributed by atoms with Crippen molar-refractivity contribution in [2.45, 2.75) is 26.2 Å². The van der Waals surface area contributed by atoms with Gasteiger partial charge in [-0.05, 0) is 101 Å². The molecule has 1 nitrogen and oxygen atoms in total. The largest absolute Gasteiger partial charge is 0.265 e. The van der Waals surface area contributed by atoms with E-state index in [0.717, 1.165) is 0 Å². The second-order valence-corrected chi connectivity index (χ2v) is 11.7. The summed E-state index contributed by atoms with van der Waals surface area (Å²) in [6.45, 7) is 6.85. The Hall–Kier alpha value is -4.75. The van der Waals surface area contributed by atoms with Gasteiger partial charge in [0.05, 0.1) is 0 Å². The summed E-state index contributed by atoms with van der Waals surface area (Å²) in [5.74, 6) is 0. The van der Waals surface area contributed by atoms with Crippen LogP contribution in [0.15, 0.2) is 134 Å². The zero-order valence-electron chi connectivity index (χ0n) is 23.1. The van der Waals surface area contributed by atoms with E-state index in [9.17, 15) is 0 Å². The summed E-state index contributed by atoms with van der Waals surface area (Å²) in [6.07, 6.45) is 3.71. The Bertz CT molecular complexity index is 1970. The van der Waals surface area contributed by atoms with Crippen LogP contribution in [0.5, 0.6) is 0 Å². The van der Waals surface area contributed by atoms with E-state index in [1.54, 1.807) is 0 Å². The maximum absolute atomic E-state index is 4.19. The summed E-state index contributed by atoms with van der Waals surface area (Å²) in [7, 11) is 0. The fourth-order valence-electron chi connectivity index (χ4n) is 6.02. The van der Waals surface area contributed by atoms with Gasteiger partial charge >= 0.3 is 0 Å². The summed E-state index contributed by atoms with van der Waals surface area (Å²) in [5.41, 5.74) is 8.92. The third-order valence-electron chi connectivity index (χ3n) is 8.09. The van der Waals surface area contributed by atoms with Gasteiger partial charge in [-0.15, -0.1) is 0 Å². The van der Waals surface area contributed by atoms with Crippen LogP contribution in [0.3, 0.4) is 0 Å². The van der Waals surface area contributed by atoms with E-state index in [4.69, 9.17) is 0 Å². The summed E-state index contributed by atoms with van der Waals surface area (Å²) < 4.78 is 0. The van der Waals surface area contributed by atoms with Crippen molar-refractivity contribution in [3.05, 3.63) is 139 Å². The standard InChI is InChI=1S/C39H31N/c1-39(2,3)32-10-8-9-29(25-32)37-33-11-4-6-13-35(33)38(36-14-7-5-12-34(36)37)30-18-16-26-15-17-28(23-31(26)24-30)27-19-21-40-22-20-27/h4-25H,1-3H3. The van der Waals surface area contributed by atoms with Crippen LogP contribution in [0.1, 0.15) is 26.3 Å². The van der Waals surface area contributed by atoms with E-state index in [0.29, 0.717) is 0 Å². The van der Waals surface area contributed by atoms with Gasteiger partial charge in [0.1, 0.15) is 0 Å². The van der Waals surface area contributed by atoms with E-state index in [-0.39, 0.29) is 5.41 Å². The molecule has 0 unspecified atom stereocenters. The maximum Gasteiger partial charge on any atom is 0.0273 e. The average molecular weight is 514 g/mol. The second-order valence-electron chi connectivity index (χ2n) is 11.7. The van der Waals surface area contributed by atoms with Crippen LogP contribution in [0.25, 0.3) is 65.7 Å². The molecule has 0 aliphatic rings. The molecule has 0 saturated heterocycles. The Kier molecular flexibility index (Phi) is 5.75. The lowest BCUT2D eigenvalue weighted by molar-refractivity contribution is 0.590. The first-order valence-corrected chi connectivity index (χ1v) is 14.0. The van der Waals surface area contributed by atoms with E-state index >= 15 is 0 Å². The molecule has 1 heteroatoms. The molecule has 1 heterocycles. The highest BCUT2D eigenvalue weighted by atomic mass is 14.6. The Balaban J connectivity index is 1.51. The highest BCUT2D eigenvalue weighted by molar-refractivity contribution is 6.21. The lowest BCUT2D eigenvalue weighted by Crippen LogP contribution is -2.10. The van der Waals surface area contributed by atoms with Gasteiger partial charge in [-0.1, -0.05) is 118 Å². The van der Waals surface area contributed by atoms with Crippen LogP contribution in [-0.4, -0.2) is 4.98 Å². The minimum atomic E-state index is 0.0851. The third kappa shape index (κ3) is 4.15. The average Bonchev–Trinajstić information content (AvgIpc) is 2.99. The number of nitrogens with zero attached hydrogens (tertiary/aromatic N) is 1. The summed E-state index contributed by atoms with van der Waals surface area (Å²) in [6, 6.07) is 44.6. The predicted molar refractivity (Wildman–Crippen MR) is 172 cm³/mol. The van der Waals surface area contributed by atoms with Gasteiger partial charge in [0, 0.05) is 12.4 Å². The molecular weight excluding hydrogens is 482 g/mol. The molecule has 0 N–H and O–H groups in total. The maximum atomic E-state index is 4.19. The van der Waals surface area contributed by atoms with Crippen molar-refractivity contribution in [1.29, 1.82) is 0 Å². The molecule has 0 atom stereocenters. The minimum absolute atomic E-state index is 0.0851. The molecule has 0 saturated carbocycles. The molecule has 0 aliphatic carbocycles. The second kappa shape index (κ2) is 9.47. The Labute approximate surface area is 235 Å². The predicted octanol–water partition coefficient (Wildman–Crippen LogP) is 10.8. The Morgan fingerprint density at radius 2 is 0.950 bits per heavy atom. The number of fused-ring (bicyclic) bond motifs is 3. The van der Waals surface area contributed by atoms with Crippen LogP contribution in [0.2, 0.25) is 0 Å². The SMILES string of the molecule is CC(C)(C)c1cccc(-c2c3ccccc3c(-c3ccc4ccc(-c5ccncc5)cc4c3)c3ccccc23)c1. The molecule has 40 heavy (non-hydrogen) atoms. The van der Waals surface area contributed by atoms with Gasteiger partial charge < -0.3 is 0 Å². The number of rotatable bonds is 3. The molecule has 7 rings (SSSR count). The lowest BCUT2D eigenvalue weighted by Gasteiger charge is -2.22. The number of pyridine rings is 1. The van der Waals surface area contributed by atoms with Crippen LogP contribution in [0.4, 0.5) is 0 Å². The lowest BCUT2D eigenvalue weighted by atomic mass is 9.82. The summed E-state index contributed by atoms with van der Waals surface area (Å²) >= 11 is 0. The van der Waals surface area contributed by atoms with Gasteiger partial charge in [-0.25, -0.2) is 0 Å². The van der Waals surface area contributed by atoms with Crippen molar-refractivity contribution in [3.63, 3.8) is 0 Å². The first-order valence-electron chi connectivity index (χ1n) is 14.0. The topological polar surface area (TPSA) is 12.9 Å². The summed E-state index contributed by atoms with van der Waals surface area (Å²) in [4.78, 5) is 4.19. The molecule has 192 valence electrons. The van der Waals surface area contributed by atoms with Crippen molar-refractivity contribution in [2.24, 2.45) is 0 Å². The highest BCUT2D eigenvalue weighted by Gasteiger charge is 2.19. The number of hydrogen-bond donors (Lipinski definition) is 0. The van der Waals surface area contributed by atoms with Gasteiger partial charge in [0.2, 0.25) is 0 Å². The zero-order chi connectivity index (χ0) is 27.3. The van der Waals surface area contributed by atoms with Gasteiger partial charge in [0.15, 0.2) is 0 Å². The first kappa shape index (κ1) is 24.3. The van der Waals surface area contributed by atoms with Gasteiger partial charge in [0.25, 0.3) is 0 Å². The fraction of sp³-hybridized carbons (Fsp3) is 0.103. The van der Waals surface area contributed by atoms with E-state index < -0.39 is 0 Å².